The maximum Gasteiger partial charge on any atom is 0.0927 e. The predicted molar refractivity (Wildman–Crippen MR) is 65.2 cm³/mol. The second-order valence-corrected chi connectivity index (χ2v) is 5.65. The topological polar surface area (TPSA) is 24.9 Å². The minimum absolute atomic E-state index is 0.728. The minimum atomic E-state index is 0.728. The molecule has 1 aromatic rings. The summed E-state index contributed by atoms with van der Waals surface area (Å²) in [5.74, 6) is 1.68. The van der Waals surface area contributed by atoms with Crippen molar-refractivity contribution >= 4 is 11.3 Å². The molecule has 15 heavy (non-hydrogen) atoms. The van der Waals surface area contributed by atoms with Gasteiger partial charge in [0.25, 0.3) is 0 Å². The average Bonchev–Trinajstić information content (AvgIpc) is 2.74. The lowest BCUT2D eigenvalue weighted by molar-refractivity contribution is 0.215. The van der Waals surface area contributed by atoms with E-state index in [0.717, 1.165) is 17.9 Å². The van der Waals surface area contributed by atoms with Crippen LogP contribution < -0.4 is 5.32 Å². The molecule has 1 aromatic heterocycles. The highest BCUT2D eigenvalue weighted by molar-refractivity contribution is 7.09. The molecular weight excluding hydrogens is 204 g/mol. The number of nitrogens with one attached hydrogen (secondary N) is 1. The van der Waals surface area contributed by atoms with Crippen LogP contribution in [0.1, 0.15) is 31.2 Å². The zero-order valence-electron chi connectivity index (χ0n) is 9.57. The quantitative estimate of drug-likeness (QED) is 0.854. The fraction of sp³-hybridized carbons (Fsp3) is 0.750. The molecule has 1 fully saturated rings. The van der Waals surface area contributed by atoms with Crippen molar-refractivity contribution in [3.63, 3.8) is 0 Å². The van der Waals surface area contributed by atoms with Crippen LogP contribution in [0.2, 0.25) is 0 Å². The van der Waals surface area contributed by atoms with Gasteiger partial charge in [0.2, 0.25) is 0 Å². The molecule has 0 spiro atoms. The van der Waals surface area contributed by atoms with Crippen molar-refractivity contribution in [2.45, 2.75) is 38.6 Å². The lowest BCUT2D eigenvalue weighted by Gasteiger charge is -2.33. The van der Waals surface area contributed by atoms with Gasteiger partial charge in [0.05, 0.1) is 5.01 Å². The van der Waals surface area contributed by atoms with E-state index < -0.39 is 0 Å². The van der Waals surface area contributed by atoms with Crippen LogP contribution in [0.3, 0.4) is 0 Å². The Bertz CT molecular complexity index is 284. The van der Waals surface area contributed by atoms with E-state index in [1.807, 2.05) is 6.20 Å². The van der Waals surface area contributed by atoms with Crippen LogP contribution >= 0.6 is 11.3 Å². The van der Waals surface area contributed by atoms with Gasteiger partial charge in [-0.25, -0.2) is 4.98 Å². The average molecular weight is 224 g/mol. The highest BCUT2D eigenvalue weighted by Gasteiger charge is 2.27. The van der Waals surface area contributed by atoms with E-state index in [-0.39, 0.29) is 0 Å². The van der Waals surface area contributed by atoms with Crippen molar-refractivity contribution in [1.82, 2.24) is 10.3 Å². The highest BCUT2D eigenvalue weighted by Crippen LogP contribution is 2.32. The predicted octanol–water partition coefficient (Wildman–Crippen LogP) is 2.71. The van der Waals surface area contributed by atoms with Crippen LogP contribution in [0.25, 0.3) is 0 Å². The summed E-state index contributed by atoms with van der Waals surface area (Å²) in [6.07, 6.45) is 7.12. The van der Waals surface area contributed by atoms with Crippen molar-refractivity contribution in [2.24, 2.45) is 11.8 Å². The van der Waals surface area contributed by atoms with Crippen molar-refractivity contribution < 1.29 is 0 Å². The lowest BCUT2D eigenvalue weighted by Crippen LogP contribution is -2.35. The Hall–Kier alpha value is -0.410. The first-order valence-electron chi connectivity index (χ1n) is 5.85. The Morgan fingerprint density at radius 2 is 2.40 bits per heavy atom. The molecule has 1 saturated carbocycles. The number of rotatable bonds is 3. The van der Waals surface area contributed by atoms with Gasteiger partial charge in [-0.3, -0.25) is 0 Å². The van der Waals surface area contributed by atoms with E-state index in [0.29, 0.717) is 0 Å². The molecule has 84 valence electrons. The van der Waals surface area contributed by atoms with Gasteiger partial charge >= 0.3 is 0 Å². The Kier molecular flexibility index (Phi) is 3.76. The fourth-order valence-electron chi connectivity index (χ4n) is 2.54. The van der Waals surface area contributed by atoms with E-state index in [1.165, 1.54) is 30.7 Å². The third-order valence-corrected chi connectivity index (χ3v) is 4.49. The van der Waals surface area contributed by atoms with E-state index >= 15 is 0 Å². The molecule has 1 aliphatic carbocycles. The van der Waals surface area contributed by atoms with Crippen LogP contribution in [0.15, 0.2) is 11.6 Å². The number of hydrogen-bond acceptors (Lipinski definition) is 3. The van der Waals surface area contributed by atoms with Gasteiger partial charge in [0.1, 0.15) is 0 Å². The molecule has 0 bridgehead atoms. The summed E-state index contributed by atoms with van der Waals surface area (Å²) in [5.41, 5.74) is 0. The van der Waals surface area contributed by atoms with Crippen LogP contribution in [-0.2, 0) is 6.42 Å². The summed E-state index contributed by atoms with van der Waals surface area (Å²) < 4.78 is 0. The van der Waals surface area contributed by atoms with E-state index in [1.54, 1.807) is 11.3 Å². The molecule has 1 aliphatic rings. The molecule has 3 unspecified atom stereocenters. The molecule has 3 heteroatoms. The number of thiazole rings is 1. The highest BCUT2D eigenvalue weighted by atomic mass is 32.1. The molecule has 2 nitrogen and oxygen atoms in total. The maximum atomic E-state index is 4.39. The minimum Gasteiger partial charge on any atom is -0.317 e. The molecule has 0 amide bonds. The van der Waals surface area contributed by atoms with Crippen molar-refractivity contribution in [2.75, 3.05) is 7.05 Å². The third-order valence-electron chi connectivity index (χ3n) is 3.69. The molecule has 0 saturated heterocycles. The Morgan fingerprint density at radius 1 is 1.53 bits per heavy atom. The van der Waals surface area contributed by atoms with Gasteiger partial charge in [-0.05, 0) is 38.1 Å². The van der Waals surface area contributed by atoms with E-state index in [4.69, 9.17) is 0 Å². The van der Waals surface area contributed by atoms with E-state index in [9.17, 15) is 0 Å². The first-order valence-corrected chi connectivity index (χ1v) is 6.73. The van der Waals surface area contributed by atoms with Crippen LogP contribution in [0, 0.1) is 11.8 Å². The summed E-state index contributed by atoms with van der Waals surface area (Å²) in [6, 6.07) is 0.728. The monoisotopic (exact) mass is 224 g/mol. The summed E-state index contributed by atoms with van der Waals surface area (Å²) >= 11 is 1.80. The number of aromatic nitrogens is 1. The molecule has 0 aliphatic heterocycles. The first-order chi connectivity index (χ1) is 7.29. The molecule has 1 N–H and O–H groups in total. The molecular formula is C12H20N2S. The molecule has 1 heterocycles. The van der Waals surface area contributed by atoms with Crippen molar-refractivity contribution in [3.05, 3.63) is 16.6 Å². The summed E-state index contributed by atoms with van der Waals surface area (Å²) in [5, 5.41) is 6.81. The first kappa shape index (κ1) is 11.1. The third kappa shape index (κ3) is 2.79. The zero-order chi connectivity index (χ0) is 10.7. The second kappa shape index (κ2) is 5.08. The smallest absolute Gasteiger partial charge is 0.0927 e. The second-order valence-electron chi connectivity index (χ2n) is 4.67. The molecule has 3 atom stereocenters. The van der Waals surface area contributed by atoms with Gasteiger partial charge in [-0.1, -0.05) is 6.92 Å². The molecule has 0 aromatic carbocycles. The largest absolute Gasteiger partial charge is 0.317 e. The van der Waals surface area contributed by atoms with Crippen LogP contribution in [0.4, 0.5) is 0 Å². The molecule has 2 rings (SSSR count). The SMILES string of the molecule is CNC1CCC(C)C(Cc2nccs2)C1. The number of hydrogen-bond donors (Lipinski definition) is 1. The Labute approximate surface area is 96.1 Å². The van der Waals surface area contributed by atoms with Crippen molar-refractivity contribution in [3.8, 4) is 0 Å². The van der Waals surface area contributed by atoms with E-state index in [2.05, 4.69) is 29.7 Å². The Morgan fingerprint density at radius 3 is 3.07 bits per heavy atom. The summed E-state index contributed by atoms with van der Waals surface area (Å²) in [4.78, 5) is 4.39. The molecule has 0 radical (unpaired) electrons. The summed E-state index contributed by atoms with van der Waals surface area (Å²) in [7, 11) is 2.08. The van der Waals surface area contributed by atoms with Gasteiger partial charge in [-0.15, -0.1) is 11.3 Å². The standard InChI is InChI=1S/C12H20N2S/c1-9-3-4-11(13-2)7-10(9)8-12-14-5-6-15-12/h5-6,9-11,13H,3-4,7-8H2,1-2H3. The lowest BCUT2D eigenvalue weighted by atomic mass is 9.76. The summed E-state index contributed by atoms with van der Waals surface area (Å²) in [6.45, 7) is 2.39. The normalized spacial score (nSPS) is 31.7. The maximum absolute atomic E-state index is 4.39. The fourth-order valence-corrected chi connectivity index (χ4v) is 3.25. The van der Waals surface area contributed by atoms with Crippen LogP contribution in [0.5, 0.6) is 0 Å². The van der Waals surface area contributed by atoms with Crippen LogP contribution in [-0.4, -0.2) is 18.1 Å². The van der Waals surface area contributed by atoms with Gasteiger partial charge in [-0.2, -0.15) is 0 Å². The van der Waals surface area contributed by atoms with Crippen molar-refractivity contribution in [1.29, 1.82) is 0 Å². The van der Waals surface area contributed by atoms with Gasteiger partial charge < -0.3 is 5.32 Å². The Balaban J connectivity index is 1.94. The number of nitrogens with zero attached hydrogens (tertiary/aromatic N) is 1. The zero-order valence-corrected chi connectivity index (χ0v) is 10.4. The van der Waals surface area contributed by atoms with Gasteiger partial charge in [0.15, 0.2) is 0 Å². The van der Waals surface area contributed by atoms with Gasteiger partial charge in [0, 0.05) is 24.0 Å².